The molecule has 0 saturated carbocycles. The molecule has 1 N–H and O–H groups in total. The smallest absolute Gasteiger partial charge is 0.410 e. The molecule has 1 amide bonds. The normalized spacial score (nSPS) is 15.8. The number of anilines is 1. The van der Waals surface area contributed by atoms with Crippen molar-refractivity contribution >= 4 is 17.5 Å². The van der Waals surface area contributed by atoms with Crippen LogP contribution < -0.4 is 5.32 Å². The maximum Gasteiger partial charge on any atom is 0.410 e. The summed E-state index contributed by atoms with van der Waals surface area (Å²) < 4.78 is 32.3. The van der Waals surface area contributed by atoms with E-state index in [1.54, 1.807) is 25.7 Å². The lowest BCUT2D eigenvalue weighted by Crippen LogP contribution is -2.44. The Bertz CT molecular complexity index is 668. The van der Waals surface area contributed by atoms with Crippen LogP contribution in [-0.2, 0) is 4.74 Å². The van der Waals surface area contributed by atoms with Crippen LogP contribution in [0.3, 0.4) is 0 Å². The molecule has 7 nitrogen and oxygen atoms in total. The van der Waals surface area contributed by atoms with Crippen molar-refractivity contribution < 1.29 is 23.2 Å². The molecule has 2 rings (SSSR count). The fourth-order valence-electron chi connectivity index (χ4n) is 2.61. The topological polar surface area (TPSA) is 84.7 Å². The van der Waals surface area contributed by atoms with Gasteiger partial charge in [0.25, 0.3) is 0 Å². The highest BCUT2D eigenvalue weighted by molar-refractivity contribution is 5.68. The van der Waals surface area contributed by atoms with Gasteiger partial charge < -0.3 is 15.0 Å². The molecule has 9 heteroatoms. The number of hydrogen-bond acceptors (Lipinski definition) is 5. The van der Waals surface area contributed by atoms with Crippen LogP contribution in [0.4, 0.5) is 25.0 Å². The van der Waals surface area contributed by atoms with E-state index in [1.165, 1.54) is 0 Å². The predicted octanol–water partition coefficient (Wildman–Crippen LogP) is 3.68. The molecule has 0 aromatic heterocycles. The molecule has 0 spiro atoms. The molecule has 1 aliphatic rings. The average Bonchev–Trinajstić information content (AvgIpc) is 2.44. The molecule has 1 saturated heterocycles. The first kappa shape index (κ1) is 18.9. The van der Waals surface area contributed by atoms with Crippen LogP contribution in [0.25, 0.3) is 0 Å². The van der Waals surface area contributed by atoms with Gasteiger partial charge in [-0.05, 0) is 33.6 Å². The van der Waals surface area contributed by atoms with Gasteiger partial charge in [-0.25, -0.2) is 9.18 Å². The third-order valence-electron chi connectivity index (χ3n) is 3.72. The summed E-state index contributed by atoms with van der Waals surface area (Å²) >= 11 is 0. The molecule has 25 heavy (non-hydrogen) atoms. The van der Waals surface area contributed by atoms with E-state index < -0.39 is 33.9 Å². The van der Waals surface area contributed by atoms with Crippen LogP contribution in [0.2, 0.25) is 0 Å². The first-order valence-corrected chi connectivity index (χ1v) is 7.95. The van der Waals surface area contributed by atoms with Crippen LogP contribution in [0.5, 0.6) is 0 Å². The number of carbonyl (C=O) groups excluding carboxylic acids is 1. The maximum atomic E-state index is 13.7. The number of likely N-dealkylation sites (tertiary alicyclic amines) is 1. The molecule has 1 fully saturated rings. The van der Waals surface area contributed by atoms with Crippen LogP contribution in [-0.4, -0.2) is 40.6 Å². The number of nitrogens with zero attached hydrogens (tertiary/aromatic N) is 2. The number of amides is 1. The van der Waals surface area contributed by atoms with Crippen LogP contribution in [0.1, 0.15) is 33.6 Å². The minimum absolute atomic E-state index is 0.196. The standard InChI is InChI=1S/C16H21F2N3O4/c1-16(2,3)25-15(22)20-6-4-11(5-7-20)19-13-9-10(17)8-12(18)14(13)21(23)24/h8-9,11,19H,4-7H2,1-3H3. The molecule has 1 aliphatic heterocycles. The summed E-state index contributed by atoms with van der Waals surface area (Å²) in [5.41, 5.74) is -1.57. The minimum atomic E-state index is -1.22. The number of halogens is 2. The lowest BCUT2D eigenvalue weighted by Gasteiger charge is -2.34. The molecule has 1 heterocycles. The minimum Gasteiger partial charge on any atom is -0.444 e. The third kappa shape index (κ3) is 5.01. The van der Waals surface area contributed by atoms with Gasteiger partial charge in [0.2, 0.25) is 5.82 Å². The Balaban J connectivity index is 2.01. The second-order valence-corrected chi connectivity index (χ2v) is 6.93. The summed E-state index contributed by atoms with van der Waals surface area (Å²) in [7, 11) is 0. The van der Waals surface area contributed by atoms with Crippen LogP contribution in [0, 0.1) is 21.7 Å². The van der Waals surface area contributed by atoms with Gasteiger partial charge in [-0.15, -0.1) is 0 Å². The zero-order valence-electron chi connectivity index (χ0n) is 14.3. The van der Waals surface area contributed by atoms with Crippen molar-refractivity contribution in [1.29, 1.82) is 0 Å². The van der Waals surface area contributed by atoms with Crippen molar-refractivity contribution in [3.63, 3.8) is 0 Å². The first-order valence-electron chi connectivity index (χ1n) is 7.95. The monoisotopic (exact) mass is 357 g/mol. The third-order valence-corrected chi connectivity index (χ3v) is 3.72. The number of nitro groups is 1. The zero-order valence-corrected chi connectivity index (χ0v) is 14.3. The molecule has 138 valence electrons. The van der Waals surface area contributed by atoms with Crippen molar-refractivity contribution in [2.75, 3.05) is 18.4 Å². The van der Waals surface area contributed by atoms with Crippen LogP contribution >= 0.6 is 0 Å². The van der Waals surface area contributed by atoms with E-state index in [1.807, 2.05) is 0 Å². The van der Waals surface area contributed by atoms with E-state index in [0.29, 0.717) is 32.0 Å². The number of nitrogens with one attached hydrogen (secondary N) is 1. The highest BCUT2D eigenvalue weighted by atomic mass is 19.1. The molecule has 0 aliphatic carbocycles. The summed E-state index contributed by atoms with van der Waals surface area (Å²) in [4.78, 5) is 23.7. The van der Waals surface area contributed by atoms with Crippen molar-refractivity contribution in [2.45, 2.75) is 45.3 Å². The molecule has 0 radical (unpaired) electrons. The van der Waals surface area contributed by atoms with E-state index in [9.17, 15) is 23.7 Å². The Kier molecular flexibility index (Phi) is 5.44. The molecular formula is C16H21F2N3O4. The molecule has 1 aromatic rings. The van der Waals surface area contributed by atoms with Gasteiger partial charge in [0, 0.05) is 31.3 Å². The van der Waals surface area contributed by atoms with Crippen molar-refractivity contribution in [3.05, 3.63) is 33.9 Å². The fourth-order valence-corrected chi connectivity index (χ4v) is 2.61. The summed E-state index contributed by atoms with van der Waals surface area (Å²) in [6.45, 7) is 6.10. The zero-order chi connectivity index (χ0) is 18.8. The molecule has 0 atom stereocenters. The highest BCUT2D eigenvalue weighted by Crippen LogP contribution is 2.30. The number of ether oxygens (including phenoxy) is 1. The Hall–Kier alpha value is -2.45. The molecular weight excluding hydrogens is 336 g/mol. The second-order valence-electron chi connectivity index (χ2n) is 6.93. The summed E-state index contributed by atoms with van der Waals surface area (Å²) in [5.74, 6) is -2.12. The fraction of sp³-hybridized carbons (Fsp3) is 0.562. The van der Waals surface area contributed by atoms with Gasteiger partial charge in [-0.1, -0.05) is 0 Å². The summed E-state index contributed by atoms with van der Waals surface area (Å²) in [6.07, 6.45) is 0.539. The van der Waals surface area contributed by atoms with Gasteiger partial charge >= 0.3 is 11.8 Å². The number of piperidine rings is 1. The van der Waals surface area contributed by atoms with E-state index >= 15 is 0 Å². The Morgan fingerprint density at radius 2 is 1.92 bits per heavy atom. The van der Waals surface area contributed by atoms with E-state index in [0.717, 1.165) is 6.07 Å². The highest BCUT2D eigenvalue weighted by Gasteiger charge is 2.29. The number of hydrogen-bond donors (Lipinski definition) is 1. The van der Waals surface area contributed by atoms with E-state index in [4.69, 9.17) is 4.74 Å². The number of benzene rings is 1. The quantitative estimate of drug-likeness (QED) is 0.659. The van der Waals surface area contributed by atoms with Gasteiger partial charge in [-0.2, -0.15) is 4.39 Å². The lowest BCUT2D eigenvalue weighted by atomic mass is 10.0. The Morgan fingerprint density at radius 3 is 2.44 bits per heavy atom. The summed E-state index contributed by atoms with van der Waals surface area (Å²) in [6, 6.07) is 1.15. The van der Waals surface area contributed by atoms with Crippen LogP contribution in [0.15, 0.2) is 12.1 Å². The number of carbonyl (C=O) groups is 1. The van der Waals surface area contributed by atoms with Gasteiger partial charge in [0.05, 0.1) is 4.92 Å². The molecule has 0 unspecified atom stereocenters. The molecule has 1 aromatic carbocycles. The SMILES string of the molecule is CC(C)(C)OC(=O)N1CCC(Nc2cc(F)cc(F)c2[N+](=O)[O-])CC1. The summed E-state index contributed by atoms with van der Waals surface area (Å²) in [5, 5.41) is 13.8. The van der Waals surface area contributed by atoms with Crippen molar-refractivity contribution in [3.8, 4) is 0 Å². The Labute approximate surface area is 144 Å². The number of rotatable bonds is 3. The lowest BCUT2D eigenvalue weighted by molar-refractivity contribution is -0.386. The van der Waals surface area contributed by atoms with Gasteiger partial charge in [0.1, 0.15) is 17.1 Å². The predicted molar refractivity (Wildman–Crippen MR) is 87.5 cm³/mol. The van der Waals surface area contributed by atoms with E-state index in [-0.39, 0.29) is 11.7 Å². The molecule has 0 bridgehead atoms. The van der Waals surface area contributed by atoms with Gasteiger partial charge in [-0.3, -0.25) is 10.1 Å². The first-order chi connectivity index (χ1) is 11.6. The largest absolute Gasteiger partial charge is 0.444 e. The van der Waals surface area contributed by atoms with Crippen molar-refractivity contribution in [2.24, 2.45) is 0 Å². The van der Waals surface area contributed by atoms with Gasteiger partial charge in [0.15, 0.2) is 0 Å². The number of nitro benzene ring substituents is 1. The maximum absolute atomic E-state index is 13.7. The second kappa shape index (κ2) is 7.20. The van der Waals surface area contributed by atoms with Crippen molar-refractivity contribution in [1.82, 2.24) is 4.90 Å². The Morgan fingerprint density at radius 1 is 1.32 bits per heavy atom. The average molecular weight is 357 g/mol. The van der Waals surface area contributed by atoms with E-state index in [2.05, 4.69) is 5.32 Å².